The molecule has 0 aliphatic carbocycles. The van der Waals surface area contributed by atoms with Crippen LogP contribution in [0.3, 0.4) is 0 Å². The number of halogens is 1. The number of amides is 3. The summed E-state index contributed by atoms with van der Waals surface area (Å²) < 4.78 is 0.744. The van der Waals surface area contributed by atoms with Crippen LogP contribution in [0.25, 0.3) is 0 Å². The second-order valence-electron chi connectivity index (χ2n) is 5.51. The van der Waals surface area contributed by atoms with Crippen molar-refractivity contribution in [1.82, 2.24) is 10.7 Å². The van der Waals surface area contributed by atoms with E-state index in [1.54, 1.807) is 54.6 Å². The van der Waals surface area contributed by atoms with Crippen LogP contribution in [0, 0.1) is 5.92 Å². The van der Waals surface area contributed by atoms with Gasteiger partial charge in [-0.15, -0.1) is 0 Å². The Bertz CT molecular complexity index is 949. The van der Waals surface area contributed by atoms with Gasteiger partial charge < -0.3 is 5.32 Å². The van der Waals surface area contributed by atoms with E-state index in [9.17, 15) is 14.4 Å². The summed E-state index contributed by atoms with van der Waals surface area (Å²) in [6, 6.07) is 15.4. The number of anilines is 1. The standard InChI is InChI=1S/C18H13BrN4O3S/c19-12-6-4-5-11(9-12)15(24)22-20-10-14-16(25)21-18(27)23(17(14)26)13-7-2-1-3-8-13/h1-10,14H,(H,22,24)(H,21,25,27)/b20-10-/t14-/m0/s1. The van der Waals surface area contributed by atoms with Gasteiger partial charge in [-0.3, -0.25) is 19.3 Å². The Morgan fingerprint density at radius 3 is 2.63 bits per heavy atom. The summed E-state index contributed by atoms with van der Waals surface area (Å²) in [5.74, 6) is -2.82. The van der Waals surface area contributed by atoms with Crippen LogP contribution < -0.4 is 15.6 Å². The molecule has 9 heteroatoms. The van der Waals surface area contributed by atoms with Crippen molar-refractivity contribution in [3.8, 4) is 0 Å². The SMILES string of the molecule is O=C(N/N=C\[C@H]1C(=O)NC(=S)N(c2ccccc2)C1=O)c1cccc(Br)c1. The fourth-order valence-electron chi connectivity index (χ4n) is 2.41. The maximum Gasteiger partial charge on any atom is 0.271 e. The van der Waals surface area contributed by atoms with Crippen LogP contribution in [0.4, 0.5) is 5.69 Å². The van der Waals surface area contributed by atoms with Gasteiger partial charge in [0.05, 0.1) is 5.69 Å². The van der Waals surface area contributed by atoms with Crippen molar-refractivity contribution < 1.29 is 14.4 Å². The van der Waals surface area contributed by atoms with Crippen molar-refractivity contribution in [1.29, 1.82) is 0 Å². The Morgan fingerprint density at radius 1 is 1.19 bits per heavy atom. The van der Waals surface area contributed by atoms with Gasteiger partial charge in [-0.25, -0.2) is 5.43 Å². The Labute approximate surface area is 168 Å². The summed E-state index contributed by atoms with van der Waals surface area (Å²) in [7, 11) is 0. The summed E-state index contributed by atoms with van der Waals surface area (Å²) >= 11 is 8.38. The van der Waals surface area contributed by atoms with Crippen molar-refractivity contribution in [3.05, 3.63) is 64.6 Å². The smallest absolute Gasteiger partial charge is 0.271 e. The molecule has 1 fully saturated rings. The van der Waals surface area contributed by atoms with Gasteiger partial charge in [-0.05, 0) is 42.5 Å². The molecule has 0 bridgehead atoms. The monoisotopic (exact) mass is 444 g/mol. The van der Waals surface area contributed by atoms with Crippen LogP contribution in [0.15, 0.2) is 64.2 Å². The lowest BCUT2D eigenvalue weighted by molar-refractivity contribution is -0.130. The number of carbonyl (C=O) groups excluding carboxylic acids is 3. The number of hydrogen-bond donors (Lipinski definition) is 2. The normalized spacial score (nSPS) is 17.1. The van der Waals surface area contributed by atoms with E-state index in [2.05, 4.69) is 31.8 Å². The zero-order valence-corrected chi connectivity index (χ0v) is 16.2. The van der Waals surface area contributed by atoms with Crippen LogP contribution in [0.1, 0.15) is 10.4 Å². The van der Waals surface area contributed by atoms with Gasteiger partial charge in [-0.1, -0.05) is 40.2 Å². The van der Waals surface area contributed by atoms with Crippen molar-refractivity contribution in [3.63, 3.8) is 0 Å². The molecule has 0 radical (unpaired) electrons. The minimum absolute atomic E-state index is 0.000906. The van der Waals surface area contributed by atoms with Gasteiger partial charge in [-0.2, -0.15) is 5.10 Å². The molecule has 3 amide bonds. The third-order valence-electron chi connectivity index (χ3n) is 3.69. The molecule has 0 unspecified atom stereocenters. The molecule has 2 N–H and O–H groups in total. The molecule has 1 aliphatic heterocycles. The first-order valence-electron chi connectivity index (χ1n) is 7.80. The maximum atomic E-state index is 12.7. The van der Waals surface area contributed by atoms with Crippen LogP contribution in [-0.2, 0) is 9.59 Å². The van der Waals surface area contributed by atoms with Crippen molar-refractivity contribution in [2.75, 3.05) is 4.90 Å². The number of hydrazone groups is 1. The summed E-state index contributed by atoms with van der Waals surface area (Å²) in [6.07, 6.45) is 1.09. The highest BCUT2D eigenvalue weighted by Crippen LogP contribution is 2.19. The van der Waals surface area contributed by atoms with E-state index in [0.29, 0.717) is 11.3 Å². The average molecular weight is 445 g/mol. The van der Waals surface area contributed by atoms with E-state index in [4.69, 9.17) is 12.2 Å². The Morgan fingerprint density at radius 2 is 1.93 bits per heavy atom. The van der Waals surface area contributed by atoms with Gasteiger partial charge in [0.1, 0.15) is 0 Å². The molecule has 7 nitrogen and oxygen atoms in total. The quantitative estimate of drug-likeness (QED) is 0.327. The number of carbonyl (C=O) groups is 3. The Balaban J connectivity index is 1.74. The number of rotatable bonds is 4. The maximum absolute atomic E-state index is 12.7. The molecule has 27 heavy (non-hydrogen) atoms. The van der Waals surface area contributed by atoms with Gasteiger partial charge >= 0.3 is 0 Å². The highest BCUT2D eigenvalue weighted by molar-refractivity contribution is 9.10. The largest absolute Gasteiger partial charge is 0.301 e. The first kappa shape index (κ1) is 18.9. The molecule has 0 saturated carbocycles. The summed E-state index contributed by atoms with van der Waals surface area (Å²) in [6.45, 7) is 0. The third-order valence-corrected chi connectivity index (χ3v) is 4.47. The number of nitrogens with one attached hydrogen (secondary N) is 2. The molecule has 0 spiro atoms. The number of hydrogen-bond acceptors (Lipinski definition) is 5. The van der Waals surface area contributed by atoms with E-state index < -0.39 is 23.6 Å². The van der Waals surface area contributed by atoms with Gasteiger partial charge in [0, 0.05) is 16.3 Å². The molecule has 0 aromatic heterocycles. The van der Waals surface area contributed by atoms with Gasteiger partial charge in [0.15, 0.2) is 11.0 Å². The number of benzene rings is 2. The lowest BCUT2D eigenvalue weighted by Crippen LogP contribution is -2.58. The second-order valence-corrected chi connectivity index (χ2v) is 6.81. The van der Waals surface area contributed by atoms with Crippen LogP contribution in [0.5, 0.6) is 0 Å². The molecular formula is C18H13BrN4O3S. The molecule has 1 heterocycles. The molecule has 136 valence electrons. The highest BCUT2D eigenvalue weighted by atomic mass is 79.9. The van der Waals surface area contributed by atoms with Crippen molar-refractivity contribution >= 4 is 62.9 Å². The highest BCUT2D eigenvalue weighted by Gasteiger charge is 2.38. The first-order valence-corrected chi connectivity index (χ1v) is 9.00. The molecule has 3 rings (SSSR count). The Hall–Kier alpha value is -2.91. The van der Waals surface area contributed by atoms with Crippen molar-refractivity contribution in [2.24, 2.45) is 11.0 Å². The number of thiocarbonyl (C=S) groups is 1. The van der Waals surface area contributed by atoms with E-state index in [1.807, 2.05) is 0 Å². The zero-order valence-electron chi connectivity index (χ0n) is 13.8. The van der Waals surface area contributed by atoms with Crippen molar-refractivity contribution in [2.45, 2.75) is 0 Å². The van der Waals surface area contributed by atoms with Gasteiger partial charge in [0.2, 0.25) is 5.91 Å². The summed E-state index contributed by atoms with van der Waals surface area (Å²) in [5, 5.41) is 6.24. The van der Waals surface area contributed by atoms with E-state index in [0.717, 1.165) is 10.7 Å². The summed E-state index contributed by atoms with van der Waals surface area (Å²) in [5.41, 5.74) is 3.22. The van der Waals surface area contributed by atoms with Gasteiger partial charge in [0.25, 0.3) is 11.8 Å². The topological polar surface area (TPSA) is 90.9 Å². The number of nitrogens with zero attached hydrogens (tertiary/aromatic N) is 2. The van der Waals surface area contributed by atoms with Crippen LogP contribution in [0.2, 0.25) is 0 Å². The lowest BCUT2D eigenvalue weighted by atomic mass is 10.1. The molecular weight excluding hydrogens is 432 g/mol. The molecule has 2 aromatic rings. The minimum Gasteiger partial charge on any atom is -0.301 e. The second kappa shape index (κ2) is 8.19. The van der Waals surface area contributed by atoms with Crippen LogP contribution >= 0.6 is 28.1 Å². The van der Waals surface area contributed by atoms with E-state index in [-0.39, 0.29) is 5.11 Å². The fraction of sp³-hybridized carbons (Fsp3) is 0.0556. The molecule has 1 atom stereocenters. The predicted molar refractivity (Wildman–Crippen MR) is 108 cm³/mol. The molecule has 1 saturated heterocycles. The van der Waals surface area contributed by atoms with E-state index >= 15 is 0 Å². The molecule has 1 aliphatic rings. The Kier molecular flexibility index (Phi) is 5.72. The average Bonchev–Trinajstić information content (AvgIpc) is 2.65. The third kappa shape index (κ3) is 4.26. The van der Waals surface area contributed by atoms with Crippen LogP contribution in [-0.4, -0.2) is 29.0 Å². The fourth-order valence-corrected chi connectivity index (χ4v) is 3.10. The number of para-hydroxylation sites is 1. The van der Waals surface area contributed by atoms with E-state index in [1.165, 1.54) is 4.90 Å². The predicted octanol–water partition coefficient (Wildman–Crippen LogP) is 2.23. The summed E-state index contributed by atoms with van der Waals surface area (Å²) in [4.78, 5) is 38.1. The zero-order chi connectivity index (χ0) is 19.4. The molecule has 2 aromatic carbocycles. The lowest BCUT2D eigenvalue weighted by Gasteiger charge is -2.30. The first-order chi connectivity index (χ1) is 13.0. The minimum atomic E-state index is -1.21.